The largest absolute Gasteiger partial charge is 0.412 e. The van der Waals surface area contributed by atoms with E-state index in [2.05, 4.69) is 16.1 Å². The minimum Gasteiger partial charge on any atom is -0.412 e. The molecular weight excluding hydrogens is 84.0 g/mol. The van der Waals surface area contributed by atoms with E-state index in [9.17, 15) is 0 Å². The second-order valence-corrected chi connectivity index (χ2v) is 0.394. The Labute approximate surface area is 34.7 Å². The van der Waals surface area contributed by atoms with Crippen molar-refractivity contribution in [3.05, 3.63) is 0 Å². The lowest BCUT2D eigenvalue weighted by molar-refractivity contribution is 0.824. The van der Waals surface area contributed by atoms with Gasteiger partial charge < -0.3 is 11.3 Å². The molecule has 0 fully saturated rings. The maximum atomic E-state index is 6.00. The Morgan fingerprint density at radius 3 is 2.17 bits per heavy atom. The van der Waals surface area contributed by atoms with E-state index in [4.69, 9.17) is 5.53 Å². The van der Waals surface area contributed by atoms with Crippen LogP contribution in [0.3, 0.4) is 0 Å². The van der Waals surface area contributed by atoms with Crippen LogP contribution in [-0.4, -0.2) is 11.8 Å². The summed E-state index contributed by atoms with van der Waals surface area (Å²) in [5.74, 6) is 4.49. The van der Waals surface area contributed by atoms with Gasteiger partial charge in [-0.25, -0.2) is 5.53 Å². The van der Waals surface area contributed by atoms with Gasteiger partial charge in [-0.1, -0.05) is 0 Å². The first-order chi connectivity index (χ1) is 2.41. The van der Waals surface area contributed by atoms with Gasteiger partial charge in [0.2, 0.25) is 0 Å². The fourth-order valence-corrected chi connectivity index (χ4v) is 0.0333. The number of hydrazone groups is 1. The van der Waals surface area contributed by atoms with Gasteiger partial charge >= 0.3 is 0 Å². The Morgan fingerprint density at radius 1 is 1.67 bits per heavy atom. The summed E-state index contributed by atoms with van der Waals surface area (Å²) >= 11 is 0. The van der Waals surface area contributed by atoms with Gasteiger partial charge in [-0.3, -0.25) is 0 Å². The van der Waals surface area contributed by atoms with Gasteiger partial charge in [-0.15, -0.1) is 5.11 Å². The van der Waals surface area contributed by atoms with E-state index in [-0.39, 0.29) is 5.48 Å². The van der Waals surface area contributed by atoms with Crippen molar-refractivity contribution in [1.29, 1.82) is 5.53 Å². The van der Waals surface area contributed by atoms with Crippen molar-refractivity contribution in [1.82, 2.24) is 0 Å². The number of rotatable bonds is 1. The average molecular weight is 90.1 g/mol. The number of nitrogens with one attached hydrogen (secondary N) is 1. The first-order valence-electron chi connectivity index (χ1n) is 0.998. The summed E-state index contributed by atoms with van der Waals surface area (Å²) in [6.07, 6.45) is 0.944. The minimum atomic E-state index is 0. The number of nitrogens with zero attached hydrogens (tertiary/aromatic N) is 2. The summed E-state index contributed by atoms with van der Waals surface area (Å²) in [5.41, 5.74) is 6.00. The second kappa shape index (κ2) is 8.98. The molecule has 5 heteroatoms. The Morgan fingerprint density at radius 2 is 2.17 bits per heavy atom. The fourth-order valence-electron chi connectivity index (χ4n) is 0.0333. The van der Waals surface area contributed by atoms with Crippen LogP contribution in [0.5, 0.6) is 0 Å². The Kier molecular flexibility index (Phi) is 13.3. The molecular formula is CH6N4O. The molecule has 0 bridgehead atoms. The molecule has 0 aliphatic carbocycles. The van der Waals surface area contributed by atoms with Crippen LogP contribution in [0.25, 0.3) is 0 Å². The van der Waals surface area contributed by atoms with Gasteiger partial charge in [-0.2, -0.15) is 5.10 Å². The fraction of sp³-hybridized carbons (Fsp3) is 0. The van der Waals surface area contributed by atoms with Crippen molar-refractivity contribution < 1.29 is 5.48 Å². The van der Waals surface area contributed by atoms with E-state index < -0.39 is 0 Å². The van der Waals surface area contributed by atoms with Gasteiger partial charge in [-0.05, 0) is 0 Å². The van der Waals surface area contributed by atoms with Gasteiger partial charge in [0.1, 0.15) is 0 Å². The highest BCUT2D eigenvalue weighted by Crippen LogP contribution is 1.44. The summed E-state index contributed by atoms with van der Waals surface area (Å²) < 4.78 is 0. The molecule has 0 aliphatic heterocycles. The topological polar surface area (TPSA) is 106 Å². The third-order valence-corrected chi connectivity index (χ3v) is 0.124. The Balaban J connectivity index is 0. The zero-order valence-electron chi connectivity index (χ0n) is 3.05. The van der Waals surface area contributed by atoms with Crippen molar-refractivity contribution in [3.8, 4) is 0 Å². The van der Waals surface area contributed by atoms with E-state index in [1.165, 1.54) is 0 Å². The number of hydrogen-bond acceptors (Lipinski definition) is 3. The number of hydrogen-bond donors (Lipinski definition) is 2. The lowest BCUT2D eigenvalue weighted by Crippen LogP contribution is -1.75. The monoisotopic (exact) mass is 90.1 g/mol. The molecule has 0 heterocycles. The molecule has 5 N–H and O–H groups in total. The van der Waals surface area contributed by atoms with Crippen molar-refractivity contribution in [3.63, 3.8) is 0 Å². The van der Waals surface area contributed by atoms with Gasteiger partial charge in [0.05, 0.1) is 0 Å². The van der Waals surface area contributed by atoms with Crippen LogP contribution in [0.1, 0.15) is 0 Å². The van der Waals surface area contributed by atoms with E-state index in [0.29, 0.717) is 0 Å². The Hall–Kier alpha value is -0.970. The predicted molar refractivity (Wildman–Crippen MR) is 21.4 cm³/mol. The lowest BCUT2D eigenvalue weighted by Gasteiger charge is -1.58. The molecule has 0 aromatic rings. The van der Waals surface area contributed by atoms with Gasteiger partial charge in [0, 0.05) is 0 Å². The maximum Gasteiger partial charge on any atom is 0.156 e. The summed E-state index contributed by atoms with van der Waals surface area (Å²) in [7, 11) is 0. The summed E-state index contributed by atoms with van der Waals surface area (Å²) in [4.78, 5) is 0. The van der Waals surface area contributed by atoms with Crippen molar-refractivity contribution in [2.75, 3.05) is 0 Å². The van der Waals surface area contributed by atoms with Crippen molar-refractivity contribution in [2.45, 2.75) is 0 Å². The molecule has 0 aromatic heterocycles. The molecule has 5 nitrogen and oxygen atoms in total. The first-order valence-corrected chi connectivity index (χ1v) is 0.998. The zero-order chi connectivity index (χ0) is 4.12. The third-order valence-electron chi connectivity index (χ3n) is 0.124. The normalized spacial score (nSPS) is 7.33. The van der Waals surface area contributed by atoms with Crippen LogP contribution < -0.4 is 5.84 Å². The summed E-state index contributed by atoms with van der Waals surface area (Å²) in [5, 5.41) is 5.56. The molecule has 0 atom stereocenters. The van der Waals surface area contributed by atoms with Crippen molar-refractivity contribution >= 4 is 6.34 Å². The van der Waals surface area contributed by atoms with E-state index in [1.54, 1.807) is 0 Å². The molecule has 0 radical (unpaired) electrons. The van der Waals surface area contributed by atoms with Crippen LogP contribution in [0, 0.1) is 5.53 Å². The molecule has 0 aliphatic rings. The average Bonchev–Trinajstić information content (AvgIpc) is 1.41. The Bertz CT molecular complexity index is 49.5. The molecule has 0 saturated heterocycles. The maximum absolute atomic E-state index is 6.00. The van der Waals surface area contributed by atoms with Crippen LogP contribution in [0.2, 0.25) is 0 Å². The zero-order valence-corrected chi connectivity index (χ0v) is 3.05. The van der Waals surface area contributed by atoms with Crippen molar-refractivity contribution in [2.24, 2.45) is 16.1 Å². The third kappa shape index (κ3) is 11.8. The quantitative estimate of drug-likeness (QED) is 0.140. The molecule has 36 valence electrons. The standard InChI is InChI=1S/CH4N4.H2O/c2-4-1-5-3;/h1-2H,3H2;1H2. The van der Waals surface area contributed by atoms with E-state index in [0.717, 1.165) is 6.34 Å². The molecule has 0 unspecified atom stereocenters. The first kappa shape index (κ1) is 8.90. The molecule has 0 amide bonds. The smallest absolute Gasteiger partial charge is 0.156 e. The van der Waals surface area contributed by atoms with E-state index in [1.807, 2.05) is 0 Å². The highest BCUT2D eigenvalue weighted by Gasteiger charge is 1.43. The molecule has 0 spiro atoms. The van der Waals surface area contributed by atoms with Crippen LogP contribution >= 0.6 is 0 Å². The summed E-state index contributed by atoms with van der Waals surface area (Å²) in [6.45, 7) is 0. The predicted octanol–water partition coefficient (Wildman–Crippen LogP) is -0.905. The van der Waals surface area contributed by atoms with Gasteiger partial charge in [0.25, 0.3) is 0 Å². The van der Waals surface area contributed by atoms with Crippen LogP contribution in [0.4, 0.5) is 0 Å². The highest BCUT2D eigenvalue weighted by molar-refractivity contribution is 5.52. The number of nitrogens with two attached hydrogens (primary N) is 1. The molecule has 0 aromatic carbocycles. The molecule has 0 saturated carbocycles. The molecule has 0 rings (SSSR count). The van der Waals surface area contributed by atoms with Gasteiger partial charge in [0.15, 0.2) is 6.34 Å². The summed E-state index contributed by atoms with van der Waals surface area (Å²) in [6, 6.07) is 0. The van der Waals surface area contributed by atoms with Crippen LogP contribution in [-0.2, 0) is 0 Å². The lowest BCUT2D eigenvalue weighted by atomic mass is 11.4. The van der Waals surface area contributed by atoms with Crippen LogP contribution in [0.15, 0.2) is 10.2 Å². The van der Waals surface area contributed by atoms with E-state index >= 15 is 0 Å². The second-order valence-electron chi connectivity index (χ2n) is 0.394. The minimum absolute atomic E-state index is 0. The SMILES string of the molecule is N=NC=NN.O. The molecule has 6 heavy (non-hydrogen) atoms. The highest BCUT2D eigenvalue weighted by atomic mass is 16.0.